The Labute approximate surface area is 216 Å². The lowest BCUT2D eigenvalue weighted by molar-refractivity contribution is 0.0256. The standard InChI is InChI=1S/C30H28ClN3O2/c31-27-6-1-2-7-28(27)33-21-10-8-20(9-11-21)30-26(19-32)25-13-12-24(36-23-14-16-35-17-15-23)18-29(25)34(30)22-4-3-5-22/h1-2,6-13,18,22-23,33H,3-5,14-17H2. The topological polar surface area (TPSA) is 59.2 Å². The SMILES string of the molecule is N#Cc1c(-c2ccc(Nc3ccccc3Cl)cc2)n(C2CCC2)c2cc(OC3CCOCC3)ccc12. The number of aromatic nitrogens is 1. The summed E-state index contributed by atoms with van der Waals surface area (Å²) in [7, 11) is 0. The van der Waals surface area contributed by atoms with E-state index in [9.17, 15) is 5.26 Å². The Balaban J connectivity index is 1.39. The zero-order valence-corrected chi connectivity index (χ0v) is 20.8. The summed E-state index contributed by atoms with van der Waals surface area (Å²) in [5.41, 5.74) is 5.64. The molecule has 0 amide bonds. The monoisotopic (exact) mass is 497 g/mol. The number of benzene rings is 3. The predicted octanol–water partition coefficient (Wildman–Crippen LogP) is 7.86. The Bertz CT molecular complexity index is 1430. The molecule has 0 radical (unpaired) electrons. The number of ether oxygens (including phenoxy) is 2. The van der Waals surface area contributed by atoms with Crippen LogP contribution in [0.25, 0.3) is 22.2 Å². The molecule has 6 heteroatoms. The van der Waals surface area contributed by atoms with Crippen molar-refractivity contribution in [2.24, 2.45) is 0 Å². The molecule has 1 aromatic heterocycles. The third kappa shape index (κ3) is 4.32. The summed E-state index contributed by atoms with van der Waals surface area (Å²) in [6.45, 7) is 1.49. The number of nitriles is 1. The summed E-state index contributed by atoms with van der Waals surface area (Å²) in [5, 5.41) is 15.3. The number of halogens is 1. The van der Waals surface area contributed by atoms with Crippen LogP contribution in [0.15, 0.2) is 66.7 Å². The maximum absolute atomic E-state index is 10.2. The Kier molecular flexibility index (Phi) is 6.31. The van der Waals surface area contributed by atoms with E-state index in [1.807, 2.05) is 42.5 Å². The van der Waals surface area contributed by atoms with Gasteiger partial charge in [0.15, 0.2) is 0 Å². The molecule has 36 heavy (non-hydrogen) atoms. The fourth-order valence-corrected chi connectivity index (χ4v) is 5.38. The highest BCUT2D eigenvalue weighted by atomic mass is 35.5. The van der Waals surface area contributed by atoms with Crippen LogP contribution in [-0.2, 0) is 4.74 Å². The van der Waals surface area contributed by atoms with Gasteiger partial charge in [-0.25, -0.2) is 0 Å². The molecule has 0 unspecified atom stereocenters. The Morgan fingerprint density at radius 2 is 1.75 bits per heavy atom. The summed E-state index contributed by atoms with van der Waals surface area (Å²) in [4.78, 5) is 0. The van der Waals surface area contributed by atoms with Crippen LogP contribution in [0.2, 0.25) is 5.02 Å². The number of anilines is 2. The summed E-state index contributed by atoms with van der Waals surface area (Å²) in [5.74, 6) is 0.864. The quantitative estimate of drug-likeness (QED) is 0.294. The highest BCUT2D eigenvalue weighted by Gasteiger charge is 2.28. The first-order valence-electron chi connectivity index (χ1n) is 12.7. The highest BCUT2D eigenvalue weighted by molar-refractivity contribution is 6.33. The Morgan fingerprint density at radius 1 is 0.972 bits per heavy atom. The average Bonchev–Trinajstić information content (AvgIpc) is 3.19. The van der Waals surface area contributed by atoms with Crippen molar-refractivity contribution in [1.82, 2.24) is 4.57 Å². The van der Waals surface area contributed by atoms with Gasteiger partial charge >= 0.3 is 0 Å². The molecule has 1 aliphatic heterocycles. The number of rotatable bonds is 6. The first-order chi connectivity index (χ1) is 17.7. The molecule has 2 aliphatic rings. The van der Waals surface area contributed by atoms with Crippen molar-refractivity contribution < 1.29 is 9.47 Å². The number of fused-ring (bicyclic) bond motifs is 1. The molecule has 6 rings (SSSR count). The van der Waals surface area contributed by atoms with Crippen LogP contribution in [0, 0.1) is 11.3 Å². The molecule has 4 aromatic rings. The van der Waals surface area contributed by atoms with Crippen molar-refractivity contribution in [3.63, 3.8) is 0 Å². The minimum Gasteiger partial charge on any atom is -0.490 e. The Morgan fingerprint density at radius 3 is 2.44 bits per heavy atom. The second kappa shape index (κ2) is 9.89. The number of nitrogens with zero attached hydrogens (tertiary/aromatic N) is 2. The van der Waals surface area contributed by atoms with Crippen LogP contribution in [0.1, 0.15) is 43.7 Å². The van der Waals surface area contributed by atoms with Crippen LogP contribution in [0.5, 0.6) is 5.75 Å². The van der Waals surface area contributed by atoms with Crippen molar-refractivity contribution in [2.75, 3.05) is 18.5 Å². The van der Waals surface area contributed by atoms with E-state index in [1.165, 1.54) is 6.42 Å². The van der Waals surface area contributed by atoms with Crippen LogP contribution < -0.4 is 10.1 Å². The van der Waals surface area contributed by atoms with Crippen molar-refractivity contribution >= 4 is 33.9 Å². The van der Waals surface area contributed by atoms with Gasteiger partial charge in [-0.15, -0.1) is 0 Å². The molecule has 182 valence electrons. The zero-order chi connectivity index (χ0) is 24.5. The molecule has 1 saturated carbocycles. The van der Waals surface area contributed by atoms with Crippen molar-refractivity contribution in [1.29, 1.82) is 5.26 Å². The lowest BCUT2D eigenvalue weighted by Gasteiger charge is -2.30. The highest BCUT2D eigenvalue weighted by Crippen LogP contribution is 2.43. The predicted molar refractivity (Wildman–Crippen MR) is 144 cm³/mol. The van der Waals surface area contributed by atoms with E-state index in [0.717, 1.165) is 83.7 Å². The van der Waals surface area contributed by atoms with E-state index in [4.69, 9.17) is 21.1 Å². The van der Waals surface area contributed by atoms with Crippen molar-refractivity contribution in [3.8, 4) is 23.1 Å². The smallest absolute Gasteiger partial charge is 0.121 e. The first kappa shape index (κ1) is 23.0. The van der Waals surface area contributed by atoms with Gasteiger partial charge in [0.25, 0.3) is 0 Å². The largest absolute Gasteiger partial charge is 0.490 e. The van der Waals surface area contributed by atoms with Gasteiger partial charge in [0.05, 0.1) is 40.7 Å². The van der Waals surface area contributed by atoms with Gasteiger partial charge in [-0.2, -0.15) is 5.26 Å². The molecule has 2 heterocycles. The number of para-hydroxylation sites is 1. The maximum Gasteiger partial charge on any atom is 0.121 e. The Hall–Kier alpha value is -3.46. The molecular weight excluding hydrogens is 470 g/mol. The molecule has 1 N–H and O–H groups in total. The fraction of sp³-hybridized carbons (Fsp3) is 0.300. The van der Waals surface area contributed by atoms with Gasteiger partial charge in [-0.3, -0.25) is 0 Å². The van der Waals surface area contributed by atoms with E-state index < -0.39 is 0 Å². The summed E-state index contributed by atoms with van der Waals surface area (Å²) >= 11 is 6.32. The van der Waals surface area contributed by atoms with E-state index in [2.05, 4.69) is 40.2 Å². The molecule has 3 aromatic carbocycles. The van der Waals surface area contributed by atoms with Crippen LogP contribution in [0.4, 0.5) is 11.4 Å². The minimum absolute atomic E-state index is 0.177. The molecular formula is C30H28ClN3O2. The van der Waals surface area contributed by atoms with Crippen molar-refractivity contribution in [2.45, 2.75) is 44.2 Å². The van der Waals surface area contributed by atoms with E-state index >= 15 is 0 Å². The van der Waals surface area contributed by atoms with Gasteiger partial charge in [0, 0.05) is 36.0 Å². The fourth-order valence-electron chi connectivity index (χ4n) is 5.20. The zero-order valence-electron chi connectivity index (χ0n) is 20.0. The van der Waals surface area contributed by atoms with Gasteiger partial charge in [-0.1, -0.05) is 35.9 Å². The third-order valence-corrected chi connectivity index (χ3v) is 7.64. The number of hydrogen-bond acceptors (Lipinski definition) is 4. The molecule has 0 spiro atoms. The lowest BCUT2D eigenvalue weighted by Crippen LogP contribution is -2.25. The second-order valence-electron chi connectivity index (χ2n) is 9.58. The summed E-state index contributed by atoms with van der Waals surface area (Å²) in [6, 6.07) is 25.0. The van der Waals surface area contributed by atoms with Gasteiger partial charge in [0.2, 0.25) is 0 Å². The van der Waals surface area contributed by atoms with Crippen LogP contribution >= 0.6 is 11.6 Å². The molecule has 1 aliphatic carbocycles. The second-order valence-corrected chi connectivity index (χ2v) is 9.99. The third-order valence-electron chi connectivity index (χ3n) is 7.31. The van der Waals surface area contributed by atoms with E-state index in [1.54, 1.807) is 0 Å². The van der Waals surface area contributed by atoms with Gasteiger partial charge in [-0.05, 0) is 61.2 Å². The number of nitrogens with one attached hydrogen (secondary N) is 1. The summed E-state index contributed by atoms with van der Waals surface area (Å²) < 4.78 is 14.2. The van der Waals surface area contributed by atoms with Gasteiger partial charge < -0.3 is 19.4 Å². The first-order valence-corrected chi connectivity index (χ1v) is 13.0. The normalized spacial score (nSPS) is 16.4. The van der Waals surface area contributed by atoms with Gasteiger partial charge in [0.1, 0.15) is 17.9 Å². The van der Waals surface area contributed by atoms with Crippen LogP contribution in [0.3, 0.4) is 0 Å². The van der Waals surface area contributed by atoms with Crippen LogP contribution in [-0.4, -0.2) is 23.9 Å². The van der Waals surface area contributed by atoms with Crippen molar-refractivity contribution in [3.05, 3.63) is 77.3 Å². The summed E-state index contributed by atoms with van der Waals surface area (Å²) in [6.07, 6.45) is 5.45. The molecule has 0 bridgehead atoms. The molecule has 1 saturated heterocycles. The van der Waals surface area contributed by atoms with E-state index in [0.29, 0.717) is 11.1 Å². The minimum atomic E-state index is 0.177. The molecule has 0 atom stereocenters. The average molecular weight is 498 g/mol. The molecule has 2 fully saturated rings. The maximum atomic E-state index is 10.2. The molecule has 5 nitrogen and oxygen atoms in total. The lowest BCUT2D eigenvalue weighted by atomic mass is 9.92. The number of hydrogen-bond donors (Lipinski definition) is 1. The van der Waals surface area contributed by atoms with E-state index in [-0.39, 0.29) is 6.10 Å².